The van der Waals surface area contributed by atoms with Gasteiger partial charge in [-0.15, -0.1) is 11.3 Å². The summed E-state index contributed by atoms with van der Waals surface area (Å²) in [5.41, 5.74) is 0.746. The lowest BCUT2D eigenvalue weighted by Gasteiger charge is -2.22. The molecule has 2 rings (SSSR count). The standard InChI is InChI=1S/C18H24FN3O3S/c1-10(2)16(22-18(24)25-11(3)4)17(23)20-8-7-15-21-13-6-5-12(19)9-14(13)26-15/h5-6,9-11,16H,7-8H2,1-4H3,(H,20,23)(H,22,24)/t16-/m0/s1. The molecule has 6 nitrogen and oxygen atoms in total. The molecule has 0 aliphatic carbocycles. The SMILES string of the molecule is CC(C)OC(=O)N[C@H](C(=O)NCCc1nc2ccc(F)cc2s1)C(C)C. The molecule has 2 amide bonds. The van der Waals surface area contributed by atoms with E-state index in [0.717, 1.165) is 15.2 Å². The molecule has 0 unspecified atom stereocenters. The summed E-state index contributed by atoms with van der Waals surface area (Å²) in [6.07, 6.45) is -0.328. The fourth-order valence-corrected chi connectivity index (χ4v) is 3.36. The highest BCUT2D eigenvalue weighted by Crippen LogP contribution is 2.23. The second-order valence-corrected chi connectivity index (χ2v) is 7.70. The third kappa shape index (κ3) is 5.66. The van der Waals surface area contributed by atoms with Gasteiger partial charge >= 0.3 is 6.09 Å². The number of thiazole rings is 1. The van der Waals surface area contributed by atoms with Crippen LogP contribution in [0.1, 0.15) is 32.7 Å². The smallest absolute Gasteiger partial charge is 0.408 e. The molecule has 1 aromatic carbocycles. The van der Waals surface area contributed by atoms with Crippen LogP contribution in [0.25, 0.3) is 10.2 Å². The van der Waals surface area contributed by atoms with Crippen molar-refractivity contribution in [3.8, 4) is 0 Å². The number of carbonyl (C=O) groups is 2. The molecule has 0 bridgehead atoms. The third-order valence-corrected chi connectivity index (χ3v) is 4.68. The number of hydrogen-bond donors (Lipinski definition) is 2. The van der Waals surface area contributed by atoms with E-state index >= 15 is 0 Å². The van der Waals surface area contributed by atoms with E-state index in [0.29, 0.717) is 13.0 Å². The first-order valence-electron chi connectivity index (χ1n) is 8.56. The summed E-state index contributed by atoms with van der Waals surface area (Å²) in [5.74, 6) is -0.645. The number of amides is 2. The molecule has 0 radical (unpaired) electrons. The first kappa shape index (κ1) is 20.1. The van der Waals surface area contributed by atoms with Crippen molar-refractivity contribution in [2.45, 2.75) is 46.3 Å². The Morgan fingerprint density at radius 2 is 2.00 bits per heavy atom. The van der Waals surface area contributed by atoms with Crippen molar-refractivity contribution in [3.63, 3.8) is 0 Å². The van der Waals surface area contributed by atoms with E-state index in [-0.39, 0.29) is 23.7 Å². The molecule has 0 saturated heterocycles. The summed E-state index contributed by atoms with van der Waals surface area (Å²) in [6, 6.07) is 3.80. The highest BCUT2D eigenvalue weighted by Gasteiger charge is 2.24. The second-order valence-electron chi connectivity index (χ2n) is 6.58. The average molecular weight is 381 g/mol. The molecule has 2 aromatic rings. The number of fused-ring (bicyclic) bond motifs is 1. The van der Waals surface area contributed by atoms with Gasteiger partial charge in [-0.05, 0) is 38.0 Å². The molecule has 1 heterocycles. The van der Waals surface area contributed by atoms with Crippen molar-refractivity contribution in [2.24, 2.45) is 5.92 Å². The highest BCUT2D eigenvalue weighted by atomic mass is 32.1. The zero-order valence-corrected chi connectivity index (χ0v) is 16.2. The number of rotatable bonds is 7. The maximum Gasteiger partial charge on any atom is 0.408 e. The van der Waals surface area contributed by atoms with Gasteiger partial charge in [0.1, 0.15) is 11.9 Å². The van der Waals surface area contributed by atoms with Gasteiger partial charge in [-0.1, -0.05) is 13.8 Å². The maximum atomic E-state index is 13.2. The zero-order chi connectivity index (χ0) is 19.3. The van der Waals surface area contributed by atoms with E-state index in [9.17, 15) is 14.0 Å². The van der Waals surface area contributed by atoms with Crippen LogP contribution in [0, 0.1) is 11.7 Å². The van der Waals surface area contributed by atoms with Crippen molar-refractivity contribution in [2.75, 3.05) is 6.54 Å². The van der Waals surface area contributed by atoms with Crippen LogP contribution in [0.5, 0.6) is 0 Å². The Balaban J connectivity index is 1.89. The highest BCUT2D eigenvalue weighted by molar-refractivity contribution is 7.18. The van der Waals surface area contributed by atoms with Crippen LogP contribution in [-0.4, -0.2) is 35.7 Å². The molecule has 0 spiro atoms. The molecule has 0 aliphatic heterocycles. The molecule has 0 fully saturated rings. The second kappa shape index (κ2) is 8.93. The lowest BCUT2D eigenvalue weighted by atomic mass is 10.0. The van der Waals surface area contributed by atoms with Crippen LogP contribution in [0.2, 0.25) is 0 Å². The van der Waals surface area contributed by atoms with Gasteiger partial charge in [0.15, 0.2) is 0 Å². The van der Waals surface area contributed by atoms with E-state index in [1.165, 1.54) is 23.5 Å². The summed E-state index contributed by atoms with van der Waals surface area (Å²) < 4.78 is 19.0. The van der Waals surface area contributed by atoms with Crippen LogP contribution < -0.4 is 10.6 Å². The Kier molecular flexibility index (Phi) is 6.90. The van der Waals surface area contributed by atoms with Gasteiger partial charge in [0.2, 0.25) is 5.91 Å². The van der Waals surface area contributed by atoms with Crippen molar-refractivity contribution in [3.05, 3.63) is 29.0 Å². The van der Waals surface area contributed by atoms with Crippen molar-refractivity contribution in [1.29, 1.82) is 0 Å². The third-order valence-electron chi connectivity index (χ3n) is 3.60. The first-order valence-corrected chi connectivity index (χ1v) is 9.37. The fourth-order valence-electron chi connectivity index (χ4n) is 2.37. The first-order chi connectivity index (χ1) is 12.3. The number of carbonyl (C=O) groups excluding carboxylic acids is 2. The molecule has 26 heavy (non-hydrogen) atoms. The van der Waals surface area contributed by atoms with Gasteiger partial charge < -0.3 is 15.4 Å². The molecule has 1 atom stereocenters. The van der Waals surface area contributed by atoms with E-state index < -0.39 is 12.1 Å². The molecule has 142 valence electrons. The summed E-state index contributed by atoms with van der Waals surface area (Å²) in [4.78, 5) is 28.5. The minimum Gasteiger partial charge on any atom is -0.447 e. The zero-order valence-electron chi connectivity index (χ0n) is 15.3. The van der Waals surface area contributed by atoms with Crippen LogP contribution in [0.4, 0.5) is 9.18 Å². The Bertz CT molecular complexity index is 776. The van der Waals surface area contributed by atoms with E-state index in [1.807, 2.05) is 13.8 Å². The number of alkyl carbamates (subject to hydrolysis) is 1. The molecule has 2 N–H and O–H groups in total. The molecule has 0 aliphatic rings. The van der Waals surface area contributed by atoms with Gasteiger partial charge in [-0.3, -0.25) is 4.79 Å². The quantitative estimate of drug-likeness (QED) is 0.771. The molecule has 8 heteroatoms. The predicted molar refractivity (Wildman–Crippen MR) is 99.7 cm³/mol. The van der Waals surface area contributed by atoms with Gasteiger partial charge in [-0.25, -0.2) is 14.2 Å². The van der Waals surface area contributed by atoms with E-state index in [1.54, 1.807) is 19.9 Å². The lowest BCUT2D eigenvalue weighted by molar-refractivity contribution is -0.124. The number of ether oxygens (including phenoxy) is 1. The van der Waals surface area contributed by atoms with Gasteiger partial charge in [-0.2, -0.15) is 0 Å². The number of hydrogen-bond acceptors (Lipinski definition) is 5. The van der Waals surface area contributed by atoms with Crippen molar-refractivity contribution < 1.29 is 18.7 Å². The number of benzene rings is 1. The Morgan fingerprint density at radius 1 is 1.27 bits per heavy atom. The summed E-state index contributed by atoms with van der Waals surface area (Å²) >= 11 is 1.40. The Morgan fingerprint density at radius 3 is 2.65 bits per heavy atom. The Hall–Kier alpha value is -2.22. The summed E-state index contributed by atoms with van der Waals surface area (Å²) in [7, 11) is 0. The van der Waals surface area contributed by atoms with Crippen molar-refractivity contribution in [1.82, 2.24) is 15.6 Å². The largest absolute Gasteiger partial charge is 0.447 e. The molecule has 0 saturated carbocycles. The van der Waals surface area contributed by atoms with Crippen LogP contribution in [0.3, 0.4) is 0 Å². The van der Waals surface area contributed by atoms with Crippen LogP contribution >= 0.6 is 11.3 Å². The molecule has 1 aromatic heterocycles. The van der Waals surface area contributed by atoms with Gasteiger partial charge in [0.05, 0.1) is 21.3 Å². The maximum absolute atomic E-state index is 13.2. The number of nitrogens with one attached hydrogen (secondary N) is 2. The van der Waals surface area contributed by atoms with Crippen molar-refractivity contribution >= 4 is 33.6 Å². The average Bonchev–Trinajstić information content (AvgIpc) is 2.93. The lowest BCUT2D eigenvalue weighted by Crippen LogP contribution is -2.50. The molecular formula is C18H24FN3O3S. The van der Waals surface area contributed by atoms with Crippen LogP contribution in [-0.2, 0) is 16.0 Å². The monoisotopic (exact) mass is 381 g/mol. The Labute approximate surface area is 156 Å². The van der Waals surface area contributed by atoms with Crippen LogP contribution in [0.15, 0.2) is 18.2 Å². The van der Waals surface area contributed by atoms with Gasteiger partial charge in [0, 0.05) is 13.0 Å². The van der Waals surface area contributed by atoms with E-state index in [4.69, 9.17) is 4.74 Å². The topological polar surface area (TPSA) is 80.3 Å². The normalized spacial score (nSPS) is 12.4. The number of aromatic nitrogens is 1. The minimum atomic E-state index is -0.675. The fraction of sp³-hybridized carbons (Fsp3) is 0.500. The van der Waals surface area contributed by atoms with Gasteiger partial charge in [0.25, 0.3) is 0 Å². The minimum absolute atomic E-state index is 0.0832. The summed E-state index contributed by atoms with van der Waals surface area (Å²) in [6.45, 7) is 7.57. The predicted octanol–water partition coefficient (Wildman–Crippen LogP) is 3.25. The number of halogens is 1. The van der Waals surface area contributed by atoms with E-state index in [2.05, 4.69) is 15.6 Å². The summed E-state index contributed by atoms with van der Waals surface area (Å²) in [5, 5.41) is 6.23. The number of nitrogens with zero attached hydrogens (tertiary/aromatic N) is 1. The molecular weight excluding hydrogens is 357 g/mol.